The van der Waals surface area contributed by atoms with Crippen molar-refractivity contribution >= 4 is 43.1 Å². The maximum absolute atomic E-state index is 4.33. The van der Waals surface area contributed by atoms with Gasteiger partial charge < -0.3 is 0 Å². The Morgan fingerprint density at radius 3 is 2.30 bits per heavy atom. The van der Waals surface area contributed by atoms with Gasteiger partial charge in [0.15, 0.2) is 0 Å². The van der Waals surface area contributed by atoms with Crippen LogP contribution >= 0.6 is 11.3 Å². The molecular formula is C21H15NS. The van der Waals surface area contributed by atoms with Crippen LogP contribution in [0.25, 0.3) is 31.8 Å². The van der Waals surface area contributed by atoms with E-state index in [2.05, 4.69) is 83.2 Å². The molecule has 0 fully saturated rings. The maximum atomic E-state index is 4.33. The van der Waals surface area contributed by atoms with Crippen molar-refractivity contribution in [3.05, 3.63) is 90.4 Å². The molecule has 2 heteroatoms. The third-order valence-electron chi connectivity index (χ3n) is 3.87. The SMILES string of the molecule is c1ccc2c(c1)ccc1ncccc12.c1ccc2sccc2c1. The third-order valence-corrected chi connectivity index (χ3v) is 4.77. The minimum Gasteiger partial charge on any atom is -0.256 e. The Labute approximate surface area is 138 Å². The van der Waals surface area contributed by atoms with Crippen molar-refractivity contribution in [2.75, 3.05) is 0 Å². The minimum absolute atomic E-state index is 1.06. The van der Waals surface area contributed by atoms with Gasteiger partial charge in [-0.25, -0.2) is 0 Å². The van der Waals surface area contributed by atoms with Crippen molar-refractivity contribution in [3.63, 3.8) is 0 Å². The summed E-state index contributed by atoms with van der Waals surface area (Å²) in [4.78, 5) is 4.33. The van der Waals surface area contributed by atoms with Crippen LogP contribution in [-0.2, 0) is 0 Å². The van der Waals surface area contributed by atoms with E-state index in [1.807, 2.05) is 12.3 Å². The van der Waals surface area contributed by atoms with Crippen LogP contribution in [0.15, 0.2) is 90.4 Å². The zero-order valence-electron chi connectivity index (χ0n) is 12.5. The second-order valence-corrected chi connectivity index (χ2v) is 6.26. The summed E-state index contributed by atoms with van der Waals surface area (Å²) in [6, 6.07) is 27.2. The molecule has 5 rings (SSSR count). The summed E-state index contributed by atoms with van der Waals surface area (Å²) in [5, 5.41) is 7.24. The number of fused-ring (bicyclic) bond motifs is 4. The lowest BCUT2D eigenvalue weighted by Crippen LogP contribution is -1.79. The van der Waals surface area contributed by atoms with Gasteiger partial charge in [0.05, 0.1) is 5.52 Å². The van der Waals surface area contributed by atoms with E-state index in [-0.39, 0.29) is 0 Å². The molecule has 2 aromatic heterocycles. The van der Waals surface area contributed by atoms with Crippen LogP contribution in [-0.4, -0.2) is 4.98 Å². The van der Waals surface area contributed by atoms with E-state index >= 15 is 0 Å². The van der Waals surface area contributed by atoms with E-state index < -0.39 is 0 Å². The Balaban J connectivity index is 0.000000130. The first-order chi connectivity index (χ1) is 11.4. The molecule has 0 spiro atoms. The first-order valence-electron chi connectivity index (χ1n) is 7.56. The summed E-state index contributed by atoms with van der Waals surface area (Å²) in [5.74, 6) is 0. The van der Waals surface area contributed by atoms with Gasteiger partial charge in [-0.15, -0.1) is 11.3 Å². The molecule has 3 aromatic carbocycles. The summed E-state index contributed by atoms with van der Waals surface area (Å²) in [6.07, 6.45) is 1.83. The van der Waals surface area contributed by atoms with Gasteiger partial charge in [0.1, 0.15) is 0 Å². The first kappa shape index (κ1) is 13.9. The Kier molecular flexibility index (Phi) is 3.75. The van der Waals surface area contributed by atoms with Gasteiger partial charge >= 0.3 is 0 Å². The molecule has 0 saturated heterocycles. The topological polar surface area (TPSA) is 12.9 Å². The molecule has 110 valence electrons. The zero-order valence-corrected chi connectivity index (χ0v) is 13.3. The molecule has 0 saturated carbocycles. The number of nitrogens with zero attached hydrogens (tertiary/aromatic N) is 1. The monoisotopic (exact) mass is 313 g/mol. The normalized spacial score (nSPS) is 10.6. The van der Waals surface area contributed by atoms with Crippen molar-refractivity contribution in [3.8, 4) is 0 Å². The quantitative estimate of drug-likeness (QED) is 0.306. The molecule has 0 aliphatic rings. The van der Waals surface area contributed by atoms with Gasteiger partial charge in [-0.3, -0.25) is 4.98 Å². The first-order valence-corrected chi connectivity index (χ1v) is 8.44. The van der Waals surface area contributed by atoms with Gasteiger partial charge in [-0.1, -0.05) is 54.6 Å². The standard InChI is InChI=1S/C13H9N.C8H6S/c1-2-5-11-10(4-1)7-8-13-12(11)6-3-9-14-13;1-2-4-8-7(3-1)5-6-9-8/h1-9H;1-6H. The molecule has 2 heterocycles. The number of pyridine rings is 1. The molecular weight excluding hydrogens is 298 g/mol. The van der Waals surface area contributed by atoms with E-state index in [0.717, 1.165) is 5.52 Å². The smallest absolute Gasteiger partial charge is 0.0708 e. The molecule has 0 bridgehead atoms. The highest BCUT2D eigenvalue weighted by Gasteiger charge is 1.98. The van der Waals surface area contributed by atoms with Crippen molar-refractivity contribution < 1.29 is 0 Å². The summed E-state index contributed by atoms with van der Waals surface area (Å²) in [6.45, 7) is 0. The van der Waals surface area contributed by atoms with Crippen molar-refractivity contribution in [2.45, 2.75) is 0 Å². The Morgan fingerprint density at radius 1 is 0.609 bits per heavy atom. The summed E-state index contributed by atoms with van der Waals surface area (Å²) >= 11 is 1.79. The Bertz CT molecular complexity index is 993. The van der Waals surface area contributed by atoms with Crippen LogP contribution in [0.2, 0.25) is 0 Å². The second kappa shape index (κ2) is 6.19. The van der Waals surface area contributed by atoms with Crippen LogP contribution in [0.4, 0.5) is 0 Å². The van der Waals surface area contributed by atoms with Crippen LogP contribution in [0, 0.1) is 0 Å². The number of rotatable bonds is 0. The average molecular weight is 313 g/mol. The lowest BCUT2D eigenvalue weighted by Gasteiger charge is -2.01. The molecule has 0 N–H and O–H groups in total. The van der Waals surface area contributed by atoms with Crippen LogP contribution in [0.3, 0.4) is 0 Å². The van der Waals surface area contributed by atoms with Crippen molar-refractivity contribution in [2.24, 2.45) is 0 Å². The highest BCUT2D eigenvalue weighted by atomic mass is 32.1. The summed E-state index contributed by atoms with van der Waals surface area (Å²) in [7, 11) is 0. The molecule has 0 aliphatic heterocycles. The average Bonchev–Trinajstić information content (AvgIpc) is 3.11. The minimum atomic E-state index is 1.06. The van der Waals surface area contributed by atoms with E-state index in [4.69, 9.17) is 0 Å². The number of aromatic nitrogens is 1. The maximum Gasteiger partial charge on any atom is 0.0708 e. The summed E-state index contributed by atoms with van der Waals surface area (Å²) < 4.78 is 1.37. The molecule has 0 aliphatic carbocycles. The van der Waals surface area contributed by atoms with Gasteiger partial charge in [-0.2, -0.15) is 0 Å². The Morgan fingerprint density at radius 2 is 1.39 bits per heavy atom. The highest BCUT2D eigenvalue weighted by molar-refractivity contribution is 7.17. The van der Waals surface area contributed by atoms with E-state index in [0.29, 0.717) is 0 Å². The number of hydrogen-bond acceptors (Lipinski definition) is 2. The molecule has 0 unspecified atom stereocenters. The largest absolute Gasteiger partial charge is 0.256 e. The third kappa shape index (κ3) is 2.81. The number of thiophene rings is 1. The van der Waals surface area contributed by atoms with Gasteiger partial charge in [0, 0.05) is 16.3 Å². The van der Waals surface area contributed by atoms with Crippen LogP contribution in [0.1, 0.15) is 0 Å². The molecule has 0 radical (unpaired) electrons. The number of hydrogen-bond donors (Lipinski definition) is 0. The van der Waals surface area contributed by atoms with Gasteiger partial charge in [-0.05, 0) is 45.8 Å². The molecule has 1 nitrogen and oxygen atoms in total. The highest BCUT2D eigenvalue weighted by Crippen LogP contribution is 2.23. The lowest BCUT2D eigenvalue weighted by molar-refractivity contribution is 1.42. The number of benzene rings is 3. The molecule has 0 atom stereocenters. The van der Waals surface area contributed by atoms with E-state index in [1.54, 1.807) is 11.3 Å². The zero-order chi connectivity index (χ0) is 15.5. The molecule has 5 aromatic rings. The van der Waals surface area contributed by atoms with Crippen LogP contribution in [0.5, 0.6) is 0 Å². The fraction of sp³-hybridized carbons (Fsp3) is 0. The predicted molar refractivity (Wildman–Crippen MR) is 101 cm³/mol. The summed E-state index contributed by atoms with van der Waals surface area (Å²) in [5.41, 5.74) is 1.06. The van der Waals surface area contributed by atoms with Crippen molar-refractivity contribution in [1.29, 1.82) is 0 Å². The van der Waals surface area contributed by atoms with Gasteiger partial charge in [0.25, 0.3) is 0 Å². The fourth-order valence-corrected chi connectivity index (χ4v) is 3.53. The second-order valence-electron chi connectivity index (χ2n) is 5.32. The lowest BCUT2D eigenvalue weighted by atomic mass is 10.1. The molecule has 23 heavy (non-hydrogen) atoms. The van der Waals surface area contributed by atoms with Gasteiger partial charge in [0.2, 0.25) is 0 Å². The van der Waals surface area contributed by atoms with Crippen molar-refractivity contribution in [1.82, 2.24) is 4.98 Å². The predicted octanol–water partition coefficient (Wildman–Crippen LogP) is 6.29. The van der Waals surface area contributed by atoms with E-state index in [9.17, 15) is 0 Å². The van der Waals surface area contributed by atoms with Crippen LogP contribution < -0.4 is 0 Å². The molecule has 0 amide bonds. The van der Waals surface area contributed by atoms with E-state index in [1.165, 1.54) is 26.2 Å². The fourth-order valence-electron chi connectivity index (χ4n) is 2.74. The Hall–Kier alpha value is -2.71.